The van der Waals surface area contributed by atoms with Crippen molar-refractivity contribution in [1.29, 1.82) is 0 Å². The summed E-state index contributed by atoms with van der Waals surface area (Å²) in [5.74, 6) is -0.543. The van der Waals surface area contributed by atoms with Crippen LogP contribution in [0.4, 0.5) is 4.39 Å². The van der Waals surface area contributed by atoms with Gasteiger partial charge in [0.1, 0.15) is 5.82 Å². The van der Waals surface area contributed by atoms with Gasteiger partial charge in [-0.2, -0.15) is 0 Å². The van der Waals surface area contributed by atoms with Crippen molar-refractivity contribution >= 4 is 17.0 Å². The fraction of sp³-hybridized carbons (Fsp3) is 0.350. The lowest BCUT2D eigenvalue weighted by molar-refractivity contribution is 0.0629. The predicted molar refractivity (Wildman–Crippen MR) is 102 cm³/mol. The first kappa shape index (κ1) is 19.9. The van der Waals surface area contributed by atoms with Crippen molar-refractivity contribution in [3.05, 3.63) is 47.4 Å². The molecular weight excluding hydrogens is 365 g/mol. The standard InChI is InChI=1S/C20H22FN3O4/c1-13-18-16(20(25)24(8-10-26-2)9-11-27-3)12-17(22-19(18)28-23-13)14-4-6-15(21)7-5-14/h4-7,12H,8-11H2,1-3H3. The van der Waals surface area contributed by atoms with E-state index < -0.39 is 0 Å². The van der Waals surface area contributed by atoms with Crippen LogP contribution in [0.1, 0.15) is 16.1 Å². The van der Waals surface area contributed by atoms with Gasteiger partial charge in [-0.15, -0.1) is 0 Å². The topological polar surface area (TPSA) is 77.7 Å². The van der Waals surface area contributed by atoms with Gasteiger partial charge in [-0.25, -0.2) is 9.37 Å². The normalized spacial score (nSPS) is 11.1. The van der Waals surface area contributed by atoms with Crippen LogP contribution in [0, 0.1) is 12.7 Å². The third-order valence-corrected chi connectivity index (χ3v) is 4.41. The highest BCUT2D eigenvalue weighted by molar-refractivity contribution is 6.07. The lowest BCUT2D eigenvalue weighted by Gasteiger charge is -2.22. The largest absolute Gasteiger partial charge is 0.383 e. The van der Waals surface area contributed by atoms with Crippen LogP contribution in [0.15, 0.2) is 34.9 Å². The van der Waals surface area contributed by atoms with Gasteiger partial charge >= 0.3 is 0 Å². The van der Waals surface area contributed by atoms with E-state index in [2.05, 4.69) is 10.1 Å². The first-order valence-electron chi connectivity index (χ1n) is 8.85. The minimum absolute atomic E-state index is 0.198. The number of ether oxygens (including phenoxy) is 2. The average molecular weight is 387 g/mol. The highest BCUT2D eigenvalue weighted by atomic mass is 19.1. The monoisotopic (exact) mass is 387 g/mol. The number of fused-ring (bicyclic) bond motifs is 1. The zero-order valence-corrected chi connectivity index (χ0v) is 16.1. The van der Waals surface area contributed by atoms with Gasteiger partial charge in [0.05, 0.1) is 35.6 Å². The lowest BCUT2D eigenvalue weighted by Crippen LogP contribution is -2.36. The molecule has 0 saturated heterocycles. The number of hydrogen-bond acceptors (Lipinski definition) is 6. The zero-order valence-electron chi connectivity index (χ0n) is 16.1. The molecule has 0 saturated carbocycles. The fourth-order valence-electron chi connectivity index (χ4n) is 2.92. The van der Waals surface area contributed by atoms with E-state index in [1.807, 2.05) is 0 Å². The summed E-state index contributed by atoms with van der Waals surface area (Å²) in [6, 6.07) is 7.59. The van der Waals surface area contributed by atoms with Gasteiger partial charge in [-0.3, -0.25) is 4.79 Å². The van der Waals surface area contributed by atoms with E-state index in [-0.39, 0.29) is 17.4 Å². The second kappa shape index (κ2) is 8.90. The van der Waals surface area contributed by atoms with Crippen molar-refractivity contribution in [2.24, 2.45) is 0 Å². The van der Waals surface area contributed by atoms with Crippen molar-refractivity contribution < 1.29 is 23.2 Å². The molecule has 28 heavy (non-hydrogen) atoms. The first-order chi connectivity index (χ1) is 13.5. The maximum absolute atomic E-state index is 13.3. The minimum atomic E-state index is -0.345. The van der Waals surface area contributed by atoms with Crippen LogP contribution in [0.2, 0.25) is 0 Å². The molecule has 1 aromatic carbocycles. The highest BCUT2D eigenvalue weighted by Crippen LogP contribution is 2.28. The Hall–Kier alpha value is -2.84. The number of nitrogens with zero attached hydrogens (tertiary/aromatic N) is 3. The molecule has 0 aliphatic heterocycles. The van der Waals surface area contributed by atoms with E-state index in [0.29, 0.717) is 54.2 Å². The van der Waals surface area contributed by atoms with E-state index in [1.165, 1.54) is 12.1 Å². The van der Waals surface area contributed by atoms with Crippen molar-refractivity contribution in [1.82, 2.24) is 15.0 Å². The maximum atomic E-state index is 13.3. The number of pyridine rings is 1. The molecule has 3 aromatic rings. The molecule has 0 unspecified atom stereocenters. The van der Waals surface area contributed by atoms with Gasteiger partial charge in [0.25, 0.3) is 11.6 Å². The molecule has 0 aliphatic rings. The van der Waals surface area contributed by atoms with Gasteiger partial charge in [0.15, 0.2) is 0 Å². The van der Waals surface area contributed by atoms with Crippen LogP contribution in [0.3, 0.4) is 0 Å². The highest BCUT2D eigenvalue weighted by Gasteiger charge is 2.23. The summed E-state index contributed by atoms with van der Waals surface area (Å²) in [5.41, 5.74) is 2.45. The number of rotatable bonds is 8. The Labute approximate surface area is 162 Å². The summed E-state index contributed by atoms with van der Waals surface area (Å²) < 4.78 is 28.8. The van der Waals surface area contributed by atoms with Crippen LogP contribution in [0.25, 0.3) is 22.4 Å². The number of aromatic nitrogens is 2. The number of carbonyl (C=O) groups excluding carboxylic acids is 1. The van der Waals surface area contributed by atoms with Gasteiger partial charge < -0.3 is 18.9 Å². The number of hydrogen-bond donors (Lipinski definition) is 0. The molecule has 8 heteroatoms. The lowest BCUT2D eigenvalue weighted by atomic mass is 10.0. The van der Waals surface area contributed by atoms with E-state index >= 15 is 0 Å². The van der Waals surface area contributed by atoms with Crippen molar-refractivity contribution in [2.75, 3.05) is 40.5 Å². The third-order valence-electron chi connectivity index (χ3n) is 4.41. The van der Waals surface area contributed by atoms with E-state index in [0.717, 1.165) is 0 Å². The summed E-state index contributed by atoms with van der Waals surface area (Å²) in [6.07, 6.45) is 0. The van der Waals surface area contributed by atoms with Crippen molar-refractivity contribution in [2.45, 2.75) is 6.92 Å². The number of methoxy groups -OCH3 is 2. The van der Waals surface area contributed by atoms with E-state index in [4.69, 9.17) is 14.0 Å². The molecule has 0 fully saturated rings. The van der Waals surface area contributed by atoms with E-state index in [9.17, 15) is 9.18 Å². The summed E-state index contributed by atoms with van der Waals surface area (Å²) in [4.78, 5) is 19.4. The second-order valence-electron chi connectivity index (χ2n) is 6.29. The quantitative estimate of drug-likeness (QED) is 0.591. The van der Waals surface area contributed by atoms with E-state index in [1.54, 1.807) is 44.2 Å². The fourth-order valence-corrected chi connectivity index (χ4v) is 2.92. The van der Waals surface area contributed by atoms with Crippen molar-refractivity contribution in [3.8, 4) is 11.3 Å². The van der Waals surface area contributed by atoms with Crippen molar-refractivity contribution in [3.63, 3.8) is 0 Å². The van der Waals surface area contributed by atoms with Gasteiger partial charge in [-0.05, 0) is 37.3 Å². The molecule has 3 rings (SSSR count). The van der Waals surface area contributed by atoms with Gasteiger partial charge in [-0.1, -0.05) is 5.16 Å². The molecular formula is C20H22FN3O4. The Morgan fingerprint density at radius 2 is 1.79 bits per heavy atom. The molecule has 0 radical (unpaired) electrons. The number of halogens is 1. The molecule has 0 spiro atoms. The Morgan fingerprint density at radius 3 is 2.39 bits per heavy atom. The SMILES string of the molecule is COCCN(CCOC)C(=O)c1cc(-c2ccc(F)cc2)nc2onc(C)c12. The second-order valence-corrected chi connectivity index (χ2v) is 6.29. The molecule has 0 aliphatic carbocycles. The smallest absolute Gasteiger partial charge is 0.259 e. The maximum Gasteiger partial charge on any atom is 0.259 e. The zero-order chi connectivity index (χ0) is 20.1. The van der Waals surface area contributed by atoms with Gasteiger partial charge in [0.2, 0.25) is 0 Å². The number of amides is 1. The average Bonchev–Trinajstić information content (AvgIpc) is 3.08. The third kappa shape index (κ3) is 4.18. The Balaban J connectivity index is 2.07. The van der Waals surface area contributed by atoms with Crippen LogP contribution in [0.5, 0.6) is 0 Å². The molecule has 0 atom stereocenters. The Bertz CT molecular complexity index is 948. The molecule has 0 bridgehead atoms. The summed E-state index contributed by atoms with van der Waals surface area (Å²) in [6.45, 7) is 3.39. The molecule has 2 heterocycles. The minimum Gasteiger partial charge on any atom is -0.383 e. The number of benzene rings is 1. The molecule has 2 aromatic heterocycles. The molecule has 148 valence electrons. The summed E-state index contributed by atoms with van der Waals surface area (Å²) in [7, 11) is 3.17. The van der Waals surface area contributed by atoms with Crippen LogP contribution in [-0.2, 0) is 9.47 Å². The molecule has 1 amide bonds. The Morgan fingerprint density at radius 1 is 1.14 bits per heavy atom. The predicted octanol–water partition coefficient (Wildman–Crippen LogP) is 3.07. The molecule has 7 nitrogen and oxygen atoms in total. The summed E-state index contributed by atoms with van der Waals surface area (Å²) >= 11 is 0. The van der Waals surface area contributed by atoms with Crippen LogP contribution in [-0.4, -0.2) is 61.5 Å². The van der Waals surface area contributed by atoms with Crippen LogP contribution < -0.4 is 0 Å². The number of aryl methyl sites for hydroxylation is 1. The van der Waals surface area contributed by atoms with Gasteiger partial charge in [0, 0.05) is 32.9 Å². The Kier molecular flexibility index (Phi) is 6.33. The van der Waals surface area contributed by atoms with Crippen LogP contribution >= 0.6 is 0 Å². The number of carbonyl (C=O) groups is 1. The summed E-state index contributed by atoms with van der Waals surface area (Å²) in [5, 5.41) is 4.52. The first-order valence-corrected chi connectivity index (χ1v) is 8.85. The molecule has 0 N–H and O–H groups in total.